The summed E-state index contributed by atoms with van der Waals surface area (Å²) >= 11 is 0. The second kappa shape index (κ2) is 4.69. The highest BCUT2D eigenvalue weighted by atomic mass is 32.2. The molecule has 0 bridgehead atoms. The zero-order valence-electron chi connectivity index (χ0n) is 10.7. The first-order chi connectivity index (χ1) is 9.25. The maximum Gasteiger partial charge on any atom is 0.366 e. The van der Waals surface area contributed by atoms with Gasteiger partial charge in [0.25, 0.3) is 0 Å². The Morgan fingerprint density at radius 2 is 1.80 bits per heavy atom. The lowest BCUT2D eigenvalue weighted by Gasteiger charge is -2.24. The van der Waals surface area contributed by atoms with Gasteiger partial charge in [0.05, 0.1) is 4.92 Å². The van der Waals surface area contributed by atoms with Gasteiger partial charge in [0.1, 0.15) is 5.70 Å². The molecule has 0 unspecified atom stereocenters. The summed E-state index contributed by atoms with van der Waals surface area (Å²) in [6, 6.07) is 5.04. The summed E-state index contributed by atoms with van der Waals surface area (Å²) in [6.07, 6.45) is 3.12. The lowest BCUT2D eigenvalue weighted by molar-refractivity contribution is -0.594. The molecule has 0 saturated heterocycles. The number of hydrogen-bond donors (Lipinski definition) is 1. The Balaban J connectivity index is 2.70. The van der Waals surface area contributed by atoms with Gasteiger partial charge in [-0.15, -0.1) is 0 Å². The normalized spacial score (nSPS) is 15.2. The number of rotatable bonds is 4. The molecule has 1 heterocycles. The molecule has 1 aromatic rings. The minimum Gasteiger partial charge on any atom is -0.371 e. The minimum atomic E-state index is -4.67. The average molecular weight is 298 g/mol. The summed E-state index contributed by atoms with van der Waals surface area (Å²) in [5, 5.41) is 11.1. The molecule has 0 saturated carbocycles. The molecule has 2 rings (SSSR count). The van der Waals surface area contributed by atoms with Gasteiger partial charge in [-0.1, -0.05) is 6.07 Å². The van der Waals surface area contributed by atoms with Gasteiger partial charge in [-0.2, -0.15) is 13.0 Å². The lowest BCUT2D eigenvalue weighted by atomic mass is 10.1. The van der Waals surface area contributed by atoms with Crippen molar-refractivity contribution < 1.29 is 22.5 Å². The van der Waals surface area contributed by atoms with Crippen molar-refractivity contribution >= 4 is 15.8 Å². The summed E-state index contributed by atoms with van der Waals surface area (Å²) in [5.41, 5.74) is -0.406. The maximum absolute atomic E-state index is 11.3. The second-order valence-corrected chi connectivity index (χ2v) is 5.64. The number of hydrogen-bond acceptors (Lipinski definition) is 5. The van der Waals surface area contributed by atoms with Crippen LogP contribution in [0.4, 0.5) is 0 Å². The fraction of sp³-hybridized carbons (Fsp3) is 0.182. The Morgan fingerprint density at radius 3 is 2.20 bits per heavy atom. The van der Waals surface area contributed by atoms with Crippen LogP contribution in [0.5, 0.6) is 0 Å². The van der Waals surface area contributed by atoms with E-state index in [1.807, 2.05) is 0 Å². The molecule has 0 atom stereocenters. The molecule has 0 spiro atoms. The first kappa shape index (κ1) is 14.2. The number of pyridine rings is 1. The van der Waals surface area contributed by atoms with Crippen LogP contribution in [0.2, 0.25) is 0 Å². The van der Waals surface area contributed by atoms with Crippen LogP contribution in [0, 0.1) is 10.1 Å². The monoisotopic (exact) mass is 298 g/mol. The molecule has 8 nitrogen and oxygen atoms in total. The zero-order chi connectivity index (χ0) is 15.1. The van der Waals surface area contributed by atoms with Gasteiger partial charge in [-0.05, 0) is 0 Å². The van der Waals surface area contributed by atoms with Crippen LogP contribution < -0.4 is 4.57 Å². The van der Waals surface area contributed by atoms with Crippen LogP contribution in [0.15, 0.2) is 46.9 Å². The van der Waals surface area contributed by atoms with E-state index in [0.717, 1.165) is 0 Å². The number of nitro groups is 1. The molecular formula is C11H12N3O5S+. The van der Waals surface area contributed by atoms with Crippen molar-refractivity contribution in [1.29, 1.82) is 0 Å². The molecule has 0 amide bonds. The molecule has 106 valence electrons. The van der Waals surface area contributed by atoms with Gasteiger partial charge in [0.15, 0.2) is 12.4 Å². The van der Waals surface area contributed by atoms with E-state index in [1.54, 1.807) is 44.7 Å². The van der Waals surface area contributed by atoms with Crippen LogP contribution in [-0.4, -0.2) is 36.9 Å². The van der Waals surface area contributed by atoms with Crippen molar-refractivity contribution in [2.24, 2.45) is 0 Å². The number of likely N-dealkylation sites (N-methyl/N-ethyl adjacent to an activating group) is 1. The van der Waals surface area contributed by atoms with E-state index in [1.165, 1.54) is 9.47 Å². The first-order valence-corrected chi connectivity index (χ1v) is 6.94. The Morgan fingerprint density at radius 1 is 1.25 bits per heavy atom. The molecule has 0 radical (unpaired) electrons. The van der Waals surface area contributed by atoms with E-state index in [-0.39, 0.29) is 11.4 Å². The van der Waals surface area contributed by atoms with Crippen molar-refractivity contribution in [3.8, 4) is 0 Å². The standard InChI is InChI=1S/C11H11N3O5S/c1-12(2)9-8(13-6-4-3-5-7-13)10(14(15)16)11(9)20(17,18)19/h3-7H,1-2H3/p+1. The molecule has 0 aliphatic heterocycles. The minimum absolute atomic E-state index is 0.0930. The molecular weight excluding hydrogens is 286 g/mol. The van der Waals surface area contributed by atoms with E-state index in [2.05, 4.69) is 0 Å². The number of nitrogens with zero attached hydrogens (tertiary/aromatic N) is 3. The highest BCUT2D eigenvalue weighted by Crippen LogP contribution is 2.39. The van der Waals surface area contributed by atoms with Crippen LogP contribution in [-0.2, 0) is 10.1 Å². The molecule has 1 aromatic heterocycles. The van der Waals surface area contributed by atoms with Crippen LogP contribution in [0.1, 0.15) is 0 Å². The number of allylic oxidation sites excluding steroid dienone is 1. The van der Waals surface area contributed by atoms with Crippen molar-refractivity contribution in [1.82, 2.24) is 4.90 Å². The van der Waals surface area contributed by atoms with E-state index in [4.69, 9.17) is 0 Å². The Kier molecular flexibility index (Phi) is 3.32. The van der Waals surface area contributed by atoms with Crippen LogP contribution in [0.25, 0.3) is 5.70 Å². The van der Waals surface area contributed by atoms with Gasteiger partial charge < -0.3 is 4.90 Å². The van der Waals surface area contributed by atoms with Gasteiger partial charge in [0.2, 0.25) is 4.91 Å². The molecule has 1 aliphatic carbocycles. The lowest BCUT2D eigenvalue weighted by Crippen LogP contribution is -2.44. The fourth-order valence-corrected chi connectivity index (χ4v) is 2.94. The fourth-order valence-electron chi connectivity index (χ4n) is 2.00. The predicted octanol–water partition coefficient (Wildman–Crippen LogP) is 0.0940. The predicted molar refractivity (Wildman–Crippen MR) is 69.1 cm³/mol. The highest BCUT2D eigenvalue weighted by molar-refractivity contribution is 7.90. The smallest absolute Gasteiger partial charge is 0.366 e. The van der Waals surface area contributed by atoms with E-state index < -0.39 is 25.6 Å². The van der Waals surface area contributed by atoms with Crippen LogP contribution >= 0.6 is 0 Å². The summed E-state index contributed by atoms with van der Waals surface area (Å²) in [7, 11) is -1.59. The maximum atomic E-state index is 11.3. The molecule has 1 N–H and O–H groups in total. The van der Waals surface area contributed by atoms with Crippen molar-refractivity contribution in [2.75, 3.05) is 14.1 Å². The summed E-state index contributed by atoms with van der Waals surface area (Å²) in [5.74, 6) is 0. The van der Waals surface area contributed by atoms with Gasteiger partial charge in [-0.25, -0.2) is 0 Å². The third-order valence-electron chi connectivity index (χ3n) is 2.74. The summed E-state index contributed by atoms with van der Waals surface area (Å²) in [4.78, 5) is 11.0. The topological polar surface area (TPSA) is 105 Å². The number of aromatic nitrogens is 1. The van der Waals surface area contributed by atoms with Crippen molar-refractivity contribution in [3.63, 3.8) is 0 Å². The van der Waals surface area contributed by atoms with E-state index in [9.17, 15) is 23.1 Å². The molecule has 0 aromatic carbocycles. The highest BCUT2D eigenvalue weighted by Gasteiger charge is 2.52. The molecule has 9 heteroatoms. The Bertz CT molecular complexity index is 735. The molecule has 1 aliphatic rings. The summed E-state index contributed by atoms with van der Waals surface area (Å²) in [6.45, 7) is 0. The molecule has 0 fully saturated rings. The quantitative estimate of drug-likeness (QED) is 0.366. The SMILES string of the molecule is CN(C)C1=C([n+]2ccccc2)C([N+](=O)[O-])=C1S(=O)(=O)O. The van der Waals surface area contributed by atoms with E-state index in [0.29, 0.717) is 0 Å². The van der Waals surface area contributed by atoms with Crippen molar-refractivity contribution in [3.05, 3.63) is 57.0 Å². The molecule has 20 heavy (non-hydrogen) atoms. The third kappa shape index (κ3) is 2.17. The van der Waals surface area contributed by atoms with Gasteiger partial charge in [-0.3, -0.25) is 14.7 Å². The second-order valence-electron chi connectivity index (χ2n) is 4.28. The zero-order valence-corrected chi connectivity index (χ0v) is 11.5. The largest absolute Gasteiger partial charge is 0.371 e. The van der Waals surface area contributed by atoms with Crippen LogP contribution in [0.3, 0.4) is 0 Å². The average Bonchev–Trinajstić information content (AvgIpc) is 2.25. The Labute approximate surface area is 115 Å². The Hall–Kier alpha value is -2.26. The summed E-state index contributed by atoms with van der Waals surface area (Å²) < 4.78 is 33.3. The van der Waals surface area contributed by atoms with Gasteiger partial charge >= 0.3 is 21.5 Å². The van der Waals surface area contributed by atoms with Gasteiger partial charge in [0, 0.05) is 26.2 Å². The third-order valence-corrected chi connectivity index (χ3v) is 3.64. The first-order valence-electron chi connectivity index (χ1n) is 5.50. The van der Waals surface area contributed by atoms with Crippen molar-refractivity contribution in [2.45, 2.75) is 0 Å². The van der Waals surface area contributed by atoms with E-state index >= 15 is 0 Å².